The van der Waals surface area contributed by atoms with Gasteiger partial charge >= 0.3 is 0 Å². The van der Waals surface area contributed by atoms with Gasteiger partial charge in [0.05, 0.1) is 11.4 Å². The third-order valence-corrected chi connectivity index (χ3v) is 4.32. The van der Waals surface area contributed by atoms with E-state index in [4.69, 9.17) is 0 Å². The second kappa shape index (κ2) is 7.30. The minimum Gasteiger partial charge on any atom is -0.300 e. The molecule has 1 saturated heterocycles. The van der Waals surface area contributed by atoms with Gasteiger partial charge in [0, 0.05) is 12.8 Å². The lowest BCUT2D eigenvalue weighted by Crippen LogP contribution is -2.41. The van der Waals surface area contributed by atoms with Crippen LogP contribution in [0.4, 0.5) is 11.4 Å². The predicted octanol–water partition coefficient (Wildman–Crippen LogP) is 3.36. The van der Waals surface area contributed by atoms with Crippen molar-refractivity contribution in [2.24, 2.45) is 5.92 Å². The van der Waals surface area contributed by atoms with Crippen LogP contribution in [0.1, 0.15) is 26.2 Å². The lowest BCUT2D eigenvalue weighted by molar-refractivity contribution is -0.127. The molecule has 1 fully saturated rings. The lowest BCUT2D eigenvalue weighted by atomic mass is 10.00. The molecule has 0 aliphatic carbocycles. The summed E-state index contributed by atoms with van der Waals surface area (Å²) >= 11 is 0. The third-order valence-electron chi connectivity index (χ3n) is 4.32. The smallest absolute Gasteiger partial charge is 0.258 e. The Bertz CT molecular complexity index is 717. The molecule has 0 atom stereocenters. The van der Waals surface area contributed by atoms with Crippen molar-refractivity contribution in [2.45, 2.75) is 26.2 Å². The van der Waals surface area contributed by atoms with Crippen molar-refractivity contribution in [1.82, 2.24) is 0 Å². The molecule has 5 heteroatoms. The van der Waals surface area contributed by atoms with Crippen molar-refractivity contribution in [1.29, 1.82) is 0 Å². The molecule has 0 unspecified atom stereocenters. The van der Waals surface area contributed by atoms with Crippen molar-refractivity contribution in [3.8, 4) is 0 Å². The molecule has 0 N–H and O–H groups in total. The number of benzene rings is 2. The average Bonchev–Trinajstić information content (AvgIpc) is 2.91. The highest BCUT2D eigenvalue weighted by molar-refractivity contribution is 6.23. The van der Waals surface area contributed by atoms with Gasteiger partial charge in [0.25, 0.3) is 11.8 Å². The fraction of sp³-hybridized carbons (Fsp3) is 0.250. The molecular formula is C20H20N2O3. The summed E-state index contributed by atoms with van der Waals surface area (Å²) in [7, 11) is 0. The molecule has 2 aromatic carbocycles. The van der Waals surface area contributed by atoms with Gasteiger partial charge in [-0.2, -0.15) is 0 Å². The summed E-state index contributed by atoms with van der Waals surface area (Å²) in [5.41, 5.74) is 1.27. The van der Waals surface area contributed by atoms with Crippen molar-refractivity contribution < 1.29 is 14.4 Å². The zero-order chi connectivity index (χ0) is 17.8. The predicted molar refractivity (Wildman–Crippen MR) is 95.9 cm³/mol. The van der Waals surface area contributed by atoms with Crippen molar-refractivity contribution in [2.75, 3.05) is 10.0 Å². The number of carbonyl (C=O) groups excluding carboxylic acids is 3. The molecule has 1 aliphatic rings. The van der Waals surface area contributed by atoms with Crippen LogP contribution in [0.5, 0.6) is 0 Å². The van der Waals surface area contributed by atoms with Crippen LogP contribution in [-0.4, -0.2) is 17.6 Å². The number of carbonyl (C=O) groups is 3. The normalized spacial score (nSPS) is 15.1. The minimum absolute atomic E-state index is 0.0602. The lowest BCUT2D eigenvalue weighted by Gasteiger charge is -2.27. The van der Waals surface area contributed by atoms with Crippen LogP contribution < -0.4 is 10.0 Å². The van der Waals surface area contributed by atoms with Gasteiger partial charge in [0.1, 0.15) is 11.7 Å². The maximum Gasteiger partial charge on any atom is 0.258 e. The fourth-order valence-electron chi connectivity index (χ4n) is 2.95. The van der Waals surface area contributed by atoms with E-state index in [-0.39, 0.29) is 30.4 Å². The summed E-state index contributed by atoms with van der Waals surface area (Å²) in [5.74, 6) is -1.34. The average molecular weight is 336 g/mol. The van der Waals surface area contributed by atoms with Crippen LogP contribution in [0.3, 0.4) is 0 Å². The molecule has 128 valence electrons. The van der Waals surface area contributed by atoms with Gasteiger partial charge in [-0.05, 0) is 30.7 Å². The molecule has 0 saturated carbocycles. The Kier molecular flexibility index (Phi) is 4.93. The number of amides is 2. The summed E-state index contributed by atoms with van der Waals surface area (Å²) in [6.07, 6.45) is 0.904. The van der Waals surface area contributed by atoms with Crippen LogP contribution in [0.25, 0.3) is 0 Å². The number of Topliss-reactive ketones (excluding diaryl/α,β-unsaturated/α-hetero) is 1. The number of nitrogens with zero attached hydrogens (tertiary/aromatic N) is 2. The first kappa shape index (κ1) is 16.9. The summed E-state index contributed by atoms with van der Waals surface area (Å²) in [4.78, 5) is 37.5. The number of ketones is 1. The number of hydrazine groups is 1. The van der Waals surface area contributed by atoms with Crippen molar-refractivity contribution >= 4 is 29.0 Å². The molecule has 5 nitrogen and oxygen atoms in total. The number of anilines is 2. The minimum atomic E-state index is -0.823. The quantitative estimate of drug-likeness (QED) is 0.760. The standard InChI is InChI=1S/C20H20N2O3/c1-2-17(23)13-14-18-19(24)21(15-9-5-3-6-10-15)22(20(18)25)16-11-7-4-8-12-16/h3-12,18H,2,13-14H2,1H3. The molecule has 0 radical (unpaired) electrons. The third kappa shape index (κ3) is 3.31. The first-order chi connectivity index (χ1) is 12.1. The number of hydrogen-bond donors (Lipinski definition) is 0. The maximum absolute atomic E-state index is 13.0. The molecule has 0 bridgehead atoms. The number of rotatable bonds is 6. The van der Waals surface area contributed by atoms with E-state index in [1.54, 1.807) is 31.2 Å². The summed E-state index contributed by atoms with van der Waals surface area (Å²) in [6.45, 7) is 1.78. The van der Waals surface area contributed by atoms with Crippen molar-refractivity contribution in [3.63, 3.8) is 0 Å². The first-order valence-corrected chi connectivity index (χ1v) is 8.43. The second-order valence-corrected chi connectivity index (χ2v) is 5.95. The van der Waals surface area contributed by atoms with Gasteiger partial charge < -0.3 is 0 Å². The van der Waals surface area contributed by atoms with Gasteiger partial charge in [-0.15, -0.1) is 0 Å². The van der Waals surface area contributed by atoms with E-state index < -0.39 is 5.92 Å². The Morgan fingerprint density at radius 2 is 1.28 bits per heavy atom. The molecule has 25 heavy (non-hydrogen) atoms. The number of para-hydroxylation sites is 2. The van der Waals surface area contributed by atoms with Gasteiger partial charge in [0.15, 0.2) is 0 Å². The molecule has 2 amide bonds. The van der Waals surface area contributed by atoms with Crippen LogP contribution >= 0.6 is 0 Å². The second-order valence-electron chi connectivity index (χ2n) is 5.95. The SMILES string of the molecule is CCC(=O)CCC1C(=O)N(c2ccccc2)N(c2ccccc2)C1=O. The first-order valence-electron chi connectivity index (χ1n) is 8.43. The Morgan fingerprint density at radius 3 is 1.68 bits per heavy atom. The van der Waals surface area contributed by atoms with Crippen molar-refractivity contribution in [3.05, 3.63) is 60.7 Å². The van der Waals surface area contributed by atoms with E-state index in [1.807, 2.05) is 36.4 Å². The summed E-state index contributed by atoms with van der Waals surface area (Å²) in [5, 5.41) is 2.83. The highest BCUT2D eigenvalue weighted by Gasteiger charge is 2.46. The van der Waals surface area contributed by atoms with Crippen LogP contribution in [0.2, 0.25) is 0 Å². The Morgan fingerprint density at radius 1 is 0.840 bits per heavy atom. The highest BCUT2D eigenvalue weighted by atomic mass is 16.2. The fourth-order valence-corrected chi connectivity index (χ4v) is 2.95. The summed E-state index contributed by atoms with van der Waals surface area (Å²) in [6, 6.07) is 18.2. The van der Waals surface area contributed by atoms with Crippen LogP contribution in [0, 0.1) is 5.92 Å². The largest absolute Gasteiger partial charge is 0.300 e. The van der Waals surface area contributed by atoms with Gasteiger partial charge in [-0.3, -0.25) is 14.4 Å². The van der Waals surface area contributed by atoms with Gasteiger partial charge in [0.2, 0.25) is 0 Å². The molecule has 0 aromatic heterocycles. The Labute approximate surface area is 146 Å². The Balaban J connectivity index is 1.97. The van der Waals surface area contributed by atoms with Gasteiger partial charge in [-0.25, -0.2) is 10.0 Å². The van der Waals surface area contributed by atoms with E-state index in [2.05, 4.69) is 0 Å². The van der Waals surface area contributed by atoms with Gasteiger partial charge in [-0.1, -0.05) is 43.3 Å². The van der Waals surface area contributed by atoms with E-state index in [0.29, 0.717) is 17.8 Å². The van der Waals surface area contributed by atoms with E-state index in [0.717, 1.165) is 0 Å². The molecule has 3 rings (SSSR count). The van der Waals surface area contributed by atoms with E-state index in [9.17, 15) is 14.4 Å². The molecule has 1 aliphatic heterocycles. The van der Waals surface area contributed by atoms with E-state index >= 15 is 0 Å². The van der Waals surface area contributed by atoms with Crippen LogP contribution in [0.15, 0.2) is 60.7 Å². The molecular weight excluding hydrogens is 316 g/mol. The van der Waals surface area contributed by atoms with Crippen LogP contribution in [-0.2, 0) is 14.4 Å². The molecule has 0 spiro atoms. The maximum atomic E-state index is 13.0. The zero-order valence-electron chi connectivity index (χ0n) is 14.1. The molecule has 2 aromatic rings. The number of hydrogen-bond acceptors (Lipinski definition) is 3. The zero-order valence-corrected chi connectivity index (χ0v) is 14.1. The Hall–Kier alpha value is -2.95. The topological polar surface area (TPSA) is 57.7 Å². The summed E-state index contributed by atoms with van der Waals surface area (Å²) < 4.78 is 0. The molecule has 1 heterocycles. The highest BCUT2D eigenvalue weighted by Crippen LogP contribution is 2.33. The van der Waals surface area contributed by atoms with E-state index in [1.165, 1.54) is 10.0 Å². The monoisotopic (exact) mass is 336 g/mol.